The first kappa shape index (κ1) is 19.5. The van der Waals surface area contributed by atoms with Gasteiger partial charge >= 0.3 is 5.97 Å². The van der Waals surface area contributed by atoms with Crippen LogP contribution in [0, 0.1) is 0 Å². The number of para-hydroxylation sites is 1. The predicted molar refractivity (Wildman–Crippen MR) is 111 cm³/mol. The molecule has 0 aliphatic heterocycles. The number of carbonyl (C=O) groups is 1. The van der Waals surface area contributed by atoms with Crippen molar-refractivity contribution < 1.29 is 9.53 Å². The van der Waals surface area contributed by atoms with Gasteiger partial charge in [-0.3, -0.25) is 4.79 Å². The lowest BCUT2D eigenvalue weighted by molar-refractivity contribution is -0.143. The Balaban J connectivity index is 1.16. The van der Waals surface area contributed by atoms with E-state index >= 15 is 0 Å². The summed E-state index contributed by atoms with van der Waals surface area (Å²) in [6.45, 7) is 0.862. The van der Waals surface area contributed by atoms with Crippen molar-refractivity contribution >= 4 is 5.97 Å². The highest BCUT2D eigenvalue weighted by atomic mass is 16.5. The van der Waals surface area contributed by atoms with Gasteiger partial charge in [0.2, 0.25) is 5.82 Å². The number of ether oxygens (including phenoxy) is 1. The van der Waals surface area contributed by atoms with Crippen molar-refractivity contribution in [1.82, 2.24) is 30.0 Å². The lowest BCUT2D eigenvalue weighted by Gasteiger charge is -2.04. The Kier molecular flexibility index (Phi) is 6.24. The molecule has 30 heavy (non-hydrogen) atoms. The van der Waals surface area contributed by atoms with E-state index in [2.05, 4.69) is 20.5 Å². The molecule has 0 saturated carbocycles. The maximum atomic E-state index is 12.0. The molecule has 2 heterocycles. The first-order valence-electron chi connectivity index (χ1n) is 9.86. The van der Waals surface area contributed by atoms with Gasteiger partial charge in [-0.1, -0.05) is 48.5 Å². The average Bonchev–Trinajstić information content (AvgIpc) is 3.46. The van der Waals surface area contributed by atoms with Crippen LogP contribution < -0.4 is 0 Å². The number of nitrogens with zero attached hydrogens (tertiary/aromatic N) is 6. The van der Waals surface area contributed by atoms with Crippen molar-refractivity contribution in [3.05, 3.63) is 78.6 Å². The standard InChI is InChI=1S/C22H22N6O2/c29-21(13-12-18-16-23-27(17-18)20-10-5-2-6-11-20)30-15-7-14-28-25-22(24-26-28)19-8-3-1-4-9-19/h1-6,8-11,16-17H,7,12-15H2. The maximum absolute atomic E-state index is 12.0. The molecule has 2 aromatic carbocycles. The molecule has 0 aliphatic carbocycles. The van der Waals surface area contributed by atoms with Gasteiger partial charge in [0.15, 0.2) is 0 Å². The van der Waals surface area contributed by atoms with Gasteiger partial charge in [0.25, 0.3) is 0 Å². The minimum atomic E-state index is -0.223. The molecule has 0 radical (unpaired) electrons. The summed E-state index contributed by atoms with van der Waals surface area (Å²) in [7, 11) is 0. The van der Waals surface area contributed by atoms with Crippen molar-refractivity contribution in [1.29, 1.82) is 0 Å². The summed E-state index contributed by atoms with van der Waals surface area (Å²) in [5.41, 5.74) is 2.91. The van der Waals surface area contributed by atoms with Crippen molar-refractivity contribution in [2.45, 2.75) is 25.8 Å². The van der Waals surface area contributed by atoms with Crippen molar-refractivity contribution in [3.63, 3.8) is 0 Å². The molecule has 0 atom stereocenters. The summed E-state index contributed by atoms with van der Waals surface area (Å²) in [5.74, 6) is 0.364. The molecule has 0 aliphatic rings. The highest BCUT2D eigenvalue weighted by molar-refractivity contribution is 5.69. The fraction of sp³-hybridized carbons (Fsp3) is 0.227. The van der Waals surface area contributed by atoms with E-state index < -0.39 is 0 Å². The zero-order chi connectivity index (χ0) is 20.6. The summed E-state index contributed by atoms with van der Waals surface area (Å²) in [6, 6.07) is 19.5. The molecule has 8 nitrogen and oxygen atoms in total. The van der Waals surface area contributed by atoms with E-state index in [0.717, 1.165) is 16.8 Å². The molecular formula is C22H22N6O2. The molecule has 4 aromatic rings. The van der Waals surface area contributed by atoms with Crippen LogP contribution in [0.2, 0.25) is 0 Å². The van der Waals surface area contributed by atoms with Crippen LogP contribution in [0.4, 0.5) is 0 Å². The zero-order valence-corrected chi connectivity index (χ0v) is 16.5. The van der Waals surface area contributed by atoms with Crippen LogP contribution in [-0.4, -0.2) is 42.6 Å². The van der Waals surface area contributed by atoms with Gasteiger partial charge in [-0.2, -0.15) is 9.90 Å². The normalized spacial score (nSPS) is 10.8. The van der Waals surface area contributed by atoms with Gasteiger partial charge in [-0.25, -0.2) is 4.68 Å². The van der Waals surface area contributed by atoms with E-state index in [1.165, 1.54) is 4.80 Å². The number of aromatic nitrogens is 6. The monoisotopic (exact) mass is 402 g/mol. The molecule has 8 heteroatoms. The first-order valence-corrected chi connectivity index (χ1v) is 9.86. The van der Waals surface area contributed by atoms with Crippen LogP contribution in [0.1, 0.15) is 18.4 Å². The Morgan fingerprint density at radius 3 is 2.57 bits per heavy atom. The van der Waals surface area contributed by atoms with E-state index in [9.17, 15) is 4.79 Å². The van der Waals surface area contributed by atoms with Crippen LogP contribution in [0.3, 0.4) is 0 Å². The van der Waals surface area contributed by atoms with Gasteiger partial charge in [-0.15, -0.1) is 10.2 Å². The molecule has 0 N–H and O–H groups in total. The number of esters is 1. The number of carbonyl (C=O) groups excluding carboxylic acids is 1. The Bertz CT molecular complexity index is 1080. The lowest BCUT2D eigenvalue weighted by atomic mass is 10.2. The Labute approximate surface area is 174 Å². The van der Waals surface area contributed by atoms with Gasteiger partial charge in [0, 0.05) is 24.6 Å². The van der Waals surface area contributed by atoms with Crippen LogP contribution in [0.25, 0.3) is 17.1 Å². The SMILES string of the molecule is O=C(CCc1cnn(-c2ccccc2)c1)OCCCn1nnc(-c2ccccc2)n1. The molecule has 2 aromatic heterocycles. The summed E-state index contributed by atoms with van der Waals surface area (Å²) in [4.78, 5) is 13.5. The molecular weight excluding hydrogens is 380 g/mol. The highest BCUT2D eigenvalue weighted by Gasteiger charge is 2.08. The van der Waals surface area contributed by atoms with Gasteiger partial charge in [0.1, 0.15) is 0 Å². The van der Waals surface area contributed by atoms with Crippen LogP contribution in [0.15, 0.2) is 73.1 Å². The Hall–Kier alpha value is -3.81. The highest BCUT2D eigenvalue weighted by Crippen LogP contribution is 2.12. The van der Waals surface area contributed by atoms with Crippen molar-refractivity contribution in [3.8, 4) is 17.1 Å². The number of benzene rings is 2. The van der Waals surface area contributed by atoms with Crippen LogP contribution >= 0.6 is 0 Å². The summed E-state index contributed by atoms with van der Waals surface area (Å²) in [6.07, 6.45) is 5.25. The smallest absolute Gasteiger partial charge is 0.306 e. The van der Waals surface area contributed by atoms with Crippen LogP contribution in [-0.2, 0) is 22.5 Å². The summed E-state index contributed by atoms with van der Waals surface area (Å²) in [5, 5.41) is 16.8. The number of hydrogen-bond donors (Lipinski definition) is 0. The van der Waals surface area contributed by atoms with E-state index in [1.807, 2.05) is 66.9 Å². The molecule has 0 saturated heterocycles. The van der Waals surface area contributed by atoms with Gasteiger partial charge < -0.3 is 4.74 Å². The van der Waals surface area contributed by atoms with E-state index in [0.29, 0.717) is 38.2 Å². The van der Waals surface area contributed by atoms with Gasteiger partial charge in [0.05, 0.1) is 25.0 Å². The first-order chi connectivity index (χ1) is 14.8. The fourth-order valence-electron chi connectivity index (χ4n) is 2.96. The molecule has 4 rings (SSSR count). The fourth-order valence-corrected chi connectivity index (χ4v) is 2.96. The second-order valence-electron chi connectivity index (χ2n) is 6.78. The van der Waals surface area contributed by atoms with Crippen molar-refractivity contribution in [2.75, 3.05) is 6.61 Å². The number of aryl methyl sites for hydroxylation is 2. The minimum absolute atomic E-state index is 0.223. The molecule has 0 unspecified atom stereocenters. The van der Waals surface area contributed by atoms with Crippen LogP contribution in [0.5, 0.6) is 0 Å². The van der Waals surface area contributed by atoms with E-state index in [1.54, 1.807) is 10.9 Å². The third-order valence-corrected chi connectivity index (χ3v) is 4.52. The average molecular weight is 402 g/mol. The maximum Gasteiger partial charge on any atom is 0.306 e. The summed E-state index contributed by atoms with van der Waals surface area (Å²) < 4.78 is 7.11. The lowest BCUT2D eigenvalue weighted by Crippen LogP contribution is -2.10. The molecule has 0 bridgehead atoms. The minimum Gasteiger partial charge on any atom is -0.466 e. The largest absolute Gasteiger partial charge is 0.466 e. The number of hydrogen-bond acceptors (Lipinski definition) is 6. The predicted octanol–water partition coefficient (Wildman–Crippen LogP) is 3.09. The van der Waals surface area contributed by atoms with Crippen molar-refractivity contribution in [2.24, 2.45) is 0 Å². The third-order valence-electron chi connectivity index (χ3n) is 4.52. The quantitative estimate of drug-likeness (QED) is 0.316. The summed E-state index contributed by atoms with van der Waals surface area (Å²) >= 11 is 0. The second-order valence-corrected chi connectivity index (χ2v) is 6.78. The second kappa shape index (κ2) is 9.60. The molecule has 152 valence electrons. The zero-order valence-electron chi connectivity index (χ0n) is 16.5. The topological polar surface area (TPSA) is 87.7 Å². The Morgan fingerprint density at radius 2 is 1.77 bits per heavy atom. The Morgan fingerprint density at radius 1 is 1.00 bits per heavy atom. The number of tetrazole rings is 1. The van der Waals surface area contributed by atoms with Gasteiger partial charge in [-0.05, 0) is 29.3 Å². The molecule has 0 amide bonds. The molecule has 0 spiro atoms. The molecule has 0 fully saturated rings. The van der Waals surface area contributed by atoms with E-state index in [-0.39, 0.29) is 5.97 Å². The number of rotatable bonds is 9. The van der Waals surface area contributed by atoms with E-state index in [4.69, 9.17) is 4.74 Å². The third kappa shape index (κ3) is 5.16.